The molecule has 0 aromatic carbocycles. The maximum atomic E-state index is 5.09. The summed E-state index contributed by atoms with van der Waals surface area (Å²) in [7, 11) is 0. The van der Waals surface area contributed by atoms with Crippen LogP contribution in [0.2, 0.25) is 0 Å². The van der Waals surface area contributed by atoms with E-state index in [1.54, 1.807) is 0 Å². The van der Waals surface area contributed by atoms with Gasteiger partial charge in [-0.25, -0.2) is 9.13 Å². The molecule has 0 aliphatic rings. The predicted octanol–water partition coefficient (Wildman–Crippen LogP) is 1.51. The number of nitrogens with zero attached hydrogens (tertiary/aromatic N) is 2. The fourth-order valence-electron chi connectivity index (χ4n) is 1.53. The largest absolute Gasteiger partial charge is 0.509 e. The molecule has 0 bridgehead atoms. The third-order valence-corrected chi connectivity index (χ3v) is 2.54. The second-order valence-electron chi connectivity index (χ2n) is 3.64. The lowest BCUT2D eigenvalue weighted by Crippen LogP contribution is -2.38. The molecule has 0 radical (unpaired) electrons. The Morgan fingerprint density at radius 2 is 2.33 bits per heavy atom. The van der Waals surface area contributed by atoms with Gasteiger partial charge in [-0.3, -0.25) is 0 Å². The molecule has 0 N–H and O–H groups in total. The van der Waals surface area contributed by atoms with Crippen molar-refractivity contribution in [2.75, 3.05) is 6.61 Å². The smallest absolute Gasteiger partial charge is 0.253 e. The highest BCUT2D eigenvalue weighted by Crippen LogP contribution is 2.05. The Balaban J connectivity index is 2.59. The zero-order valence-electron chi connectivity index (χ0n) is 9.27. The first-order valence-corrected chi connectivity index (χ1v) is 5.74. The van der Waals surface area contributed by atoms with E-state index in [4.69, 9.17) is 4.74 Å². The highest BCUT2D eigenvalue weighted by molar-refractivity contribution is 7.99. The lowest BCUT2D eigenvalue weighted by molar-refractivity contribution is -0.703. The Hall–Kier alpha value is -0.680. The molecule has 1 aromatic rings. The summed E-state index contributed by atoms with van der Waals surface area (Å²) < 4.78 is 9.62. The lowest BCUT2D eigenvalue weighted by Gasteiger charge is -2.08. The molecule has 5 heteroatoms. The van der Waals surface area contributed by atoms with Crippen LogP contribution < -0.4 is 4.57 Å². The van der Waals surface area contributed by atoms with Crippen LogP contribution in [0.15, 0.2) is 12.4 Å². The van der Waals surface area contributed by atoms with Crippen molar-refractivity contribution in [3.05, 3.63) is 18.2 Å². The molecule has 84 valence electrons. The second-order valence-corrected chi connectivity index (χ2v) is 4.64. The van der Waals surface area contributed by atoms with Gasteiger partial charge in [0.05, 0.1) is 6.04 Å². The van der Waals surface area contributed by atoms with Gasteiger partial charge in [0.25, 0.3) is 5.82 Å². The van der Waals surface area contributed by atoms with Crippen molar-refractivity contribution < 1.29 is 9.30 Å². The van der Waals surface area contributed by atoms with Crippen LogP contribution >= 0.6 is 12.2 Å². The molecule has 0 saturated heterocycles. The van der Waals surface area contributed by atoms with Gasteiger partial charge in [-0.15, -0.1) is 0 Å². The highest BCUT2D eigenvalue weighted by atomic mass is 32.1. The number of aromatic nitrogens is 2. The van der Waals surface area contributed by atoms with Gasteiger partial charge < -0.3 is 29.6 Å². The maximum Gasteiger partial charge on any atom is 0.253 e. The van der Waals surface area contributed by atoms with E-state index in [2.05, 4.69) is 60.9 Å². The minimum atomic E-state index is 0.191. The molecule has 0 spiro atoms. The Labute approximate surface area is 101 Å². The maximum absolute atomic E-state index is 5.09. The fraction of sp³-hybridized carbons (Fsp3) is 0.600. The van der Waals surface area contributed by atoms with E-state index in [0.29, 0.717) is 12.6 Å². The van der Waals surface area contributed by atoms with E-state index in [0.717, 1.165) is 6.54 Å². The van der Waals surface area contributed by atoms with E-state index in [9.17, 15) is 0 Å². The summed E-state index contributed by atoms with van der Waals surface area (Å²) in [6.45, 7) is 7.72. The van der Waals surface area contributed by atoms with Gasteiger partial charge in [-0.05, 0) is 13.8 Å². The van der Waals surface area contributed by atoms with Crippen molar-refractivity contribution in [1.82, 2.24) is 4.57 Å². The first kappa shape index (κ1) is 12.4. The summed E-state index contributed by atoms with van der Waals surface area (Å²) in [6.07, 6.45) is 4.12. The molecule has 1 heterocycles. The zero-order chi connectivity index (χ0) is 11.4. The molecular formula is C10H16N2OS2. The molecule has 0 fully saturated rings. The summed E-state index contributed by atoms with van der Waals surface area (Å²) in [4.78, 5) is 0. The quantitative estimate of drug-likeness (QED) is 0.454. The van der Waals surface area contributed by atoms with Crippen LogP contribution in [0, 0.1) is 6.92 Å². The molecular weight excluding hydrogens is 228 g/mol. The van der Waals surface area contributed by atoms with E-state index < -0.39 is 0 Å². The minimum Gasteiger partial charge on any atom is -0.509 e. The molecule has 0 atom stereocenters. The van der Waals surface area contributed by atoms with Crippen LogP contribution in [-0.4, -0.2) is 15.6 Å². The van der Waals surface area contributed by atoms with Gasteiger partial charge >= 0.3 is 0 Å². The Bertz CT molecular complexity index is 347. The van der Waals surface area contributed by atoms with Gasteiger partial charge in [0.1, 0.15) is 25.5 Å². The number of thiocarbonyl (C=S) groups is 1. The number of hydrogen-bond donors (Lipinski definition) is 0. The first-order chi connectivity index (χ1) is 7.02. The normalized spacial score (nSPS) is 10.7. The van der Waals surface area contributed by atoms with Crippen molar-refractivity contribution >= 4 is 29.2 Å². The molecule has 15 heavy (non-hydrogen) atoms. The van der Waals surface area contributed by atoms with E-state index >= 15 is 0 Å². The highest BCUT2D eigenvalue weighted by Gasteiger charge is 2.13. The van der Waals surface area contributed by atoms with Gasteiger partial charge in [0.15, 0.2) is 0 Å². The van der Waals surface area contributed by atoms with Crippen molar-refractivity contribution in [2.45, 2.75) is 33.4 Å². The third kappa shape index (κ3) is 3.43. The molecule has 1 aromatic heterocycles. The minimum absolute atomic E-state index is 0.191. The van der Waals surface area contributed by atoms with Crippen LogP contribution in [-0.2, 0) is 23.9 Å². The first-order valence-electron chi connectivity index (χ1n) is 4.93. The van der Waals surface area contributed by atoms with Crippen LogP contribution in [0.3, 0.4) is 0 Å². The Morgan fingerprint density at radius 1 is 1.67 bits per heavy atom. The summed E-state index contributed by atoms with van der Waals surface area (Å²) >= 11 is 9.34. The predicted molar refractivity (Wildman–Crippen MR) is 65.7 cm³/mol. The van der Waals surface area contributed by atoms with Crippen LogP contribution in [0.4, 0.5) is 0 Å². The topological polar surface area (TPSA) is 18.0 Å². The summed E-state index contributed by atoms with van der Waals surface area (Å²) in [5.74, 6) is 1.21. The van der Waals surface area contributed by atoms with Crippen molar-refractivity contribution in [3.63, 3.8) is 0 Å². The average Bonchev–Trinajstić information content (AvgIpc) is 2.47. The van der Waals surface area contributed by atoms with Crippen LogP contribution in [0.1, 0.15) is 25.7 Å². The lowest BCUT2D eigenvalue weighted by atomic mass is 10.4. The van der Waals surface area contributed by atoms with Gasteiger partial charge in [-0.2, -0.15) is 0 Å². The number of hydrogen-bond acceptors (Lipinski definition) is 3. The monoisotopic (exact) mass is 244 g/mol. The average molecular weight is 244 g/mol. The molecule has 0 amide bonds. The fourth-order valence-corrected chi connectivity index (χ4v) is 1.69. The molecule has 3 nitrogen and oxygen atoms in total. The zero-order valence-corrected chi connectivity index (χ0v) is 10.9. The van der Waals surface area contributed by atoms with Crippen molar-refractivity contribution in [2.24, 2.45) is 0 Å². The van der Waals surface area contributed by atoms with Gasteiger partial charge in [0, 0.05) is 11.3 Å². The second kappa shape index (κ2) is 5.42. The number of imidazole rings is 1. The Kier molecular flexibility index (Phi) is 4.47. The molecule has 0 aliphatic heterocycles. The van der Waals surface area contributed by atoms with Crippen molar-refractivity contribution in [1.29, 1.82) is 0 Å². The summed E-state index contributed by atoms with van der Waals surface area (Å²) in [5, 5.41) is 0. The van der Waals surface area contributed by atoms with Gasteiger partial charge in [0.2, 0.25) is 0 Å². The van der Waals surface area contributed by atoms with E-state index in [1.165, 1.54) is 5.82 Å². The molecule has 1 rings (SSSR count). The number of ether oxygens (including phenoxy) is 1. The van der Waals surface area contributed by atoms with E-state index in [-0.39, 0.29) is 4.38 Å². The summed E-state index contributed by atoms with van der Waals surface area (Å²) in [5.41, 5.74) is 0. The van der Waals surface area contributed by atoms with E-state index in [1.807, 2.05) is 6.20 Å². The third-order valence-electron chi connectivity index (χ3n) is 2.30. The molecule has 0 aliphatic carbocycles. The Morgan fingerprint density at radius 3 is 2.80 bits per heavy atom. The van der Waals surface area contributed by atoms with Crippen LogP contribution in [0.5, 0.6) is 0 Å². The summed E-state index contributed by atoms with van der Waals surface area (Å²) in [6, 6.07) is 0.479. The molecule has 0 saturated carbocycles. The molecule has 0 unspecified atom stereocenters. The van der Waals surface area contributed by atoms with Gasteiger partial charge in [-0.1, -0.05) is 0 Å². The standard InChI is InChI=1S/C10H16N2OS2/c1-8(2)12-5-4-11(9(12)3)6-7-13-10(14)15/h4-5,8H,6-7H2,1-3H3. The van der Waals surface area contributed by atoms with Crippen LogP contribution in [0.25, 0.3) is 0 Å². The number of rotatable bonds is 4. The SMILES string of the molecule is Cc1n(C(C)C)cc[n+]1CCOC(=S)[S-]. The van der Waals surface area contributed by atoms with Crippen molar-refractivity contribution in [3.8, 4) is 0 Å².